The summed E-state index contributed by atoms with van der Waals surface area (Å²) in [5.41, 5.74) is 0.681. The van der Waals surface area contributed by atoms with Crippen molar-refractivity contribution in [1.29, 1.82) is 0 Å². The van der Waals surface area contributed by atoms with Gasteiger partial charge in [-0.1, -0.05) is 117 Å². The minimum absolute atomic E-state index is 0.257. The molecular weight excluding hydrogens is 453 g/mol. The lowest BCUT2D eigenvalue weighted by molar-refractivity contribution is -0.215. The van der Waals surface area contributed by atoms with Crippen molar-refractivity contribution in [3.05, 3.63) is 0 Å². The van der Waals surface area contributed by atoms with Crippen LogP contribution in [0.4, 0.5) is 13.2 Å². The van der Waals surface area contributed by atoms with Crippen LogP contribution < -0.4 is 0 Å². The molecule has 3 rings (SSSR count). The fourth-order valence-corrected chi connectivity index (χ4v) is 3.76. The Bertz CT molecular complexity index is 679. The third kappa shape index (κ3) is 8.98. The van der Waals surface area contributed by atoms with Gasteiger partial charge < -0.3 is 0 Å². The summed E-state index contributed by atoms with van der Waals surface area (Å²) in [4.78, 5) is 0. The predicted octanol–water partition coefficient (Wildman–Crippen LogP) is 11.7. The van der Waals surface area contributed by atoms with Crippen LogP contribution in [0.15, 0.2) is 0 Å². The standard InChI is InChI=1S/C9H14.C8H13F3.C8H16.C8H18/c1-5-9(6-7-9)8(2,3)4;1-6(2,3)7(4-5-7)8(9,10)11;1-7(2,3)8(4)5-6-8;1-7(2,3)8(4,5)6/h1H,6-7H2,2-4H3;4-5H2,1-3H3;5-6H2,1-4H3;1-6H3. The maximum atomic E-state index is 12.4. The van der Waals surface area contributed by atoms with Crippen LogP contribution in [-0.4, -0.2) is 6.18 Å². The normalized spacial score (nSPS) is 21.7. The van der Waals surface area contributed by atoms with E-state index < -0.39 is 17.0 Å². The predicted molar refractivity (Wildman–Crippen MR) is 153 cm³/mol. The quantitative estimate of drug-likeness (QED) is 0.282. The van der Waals surface area contributed by atoms with E-state index in [2.05, 4.69) is 95.9 Å². The largest absolute Gasteiger partial charge is 0.395 e. The van der Waals surface area contributed by atoms with E-state index in [9.17, 15) is 13.2 Å². The van der Waals surface area contributed by atoms with Gasteiger partial charge in [-0.15, -0.1) is 6.42 Å². The van der Waals surface area contributed by atoms with E-state index in [4.69, 9.17) is 6.42 Å². The first-order valence-electron chi connectivity index (χ1n) is 14.0. The highest BCUT2D eigenvalue weighted by Gasteiger charge is 2.68. The topological polar surface area (TPSA) is 0 Å². The van der Waals surface area contributed by atoms with Crippen molar-refractivity contribution in [3.63, 3.8) is 0 Å². The summed E-state index contributed by atoms with van der Waals surface area (Å²) in [5, 5.41) is 0. The molecule has 3 saturated carbocycles. The van der Waals surface area contributed by atoms with Gasteiger partial charge in [0, 0.05) is 5.41 Å². The Morgan fingerprint density at radius 3 is 0.861 bits per heavy atom. The number of rotatable bonds is 0. The summed E-state index contributed by atoms with van der Waals surface area (Å²) in [7, 11) is 0. The molecule has 3 fully saturated rings. The lowest BCUT2D eigenvalue weighted by atomic mass is 9.71. The Balaban J connectivity index is 0.000000458. The Morgan fingerprint density at radius 1 is 0.528 bits per heavy atom. The first kappa shape index (κ1) is 35.4. The lowest BCUT2D eigenvalue weighted by Crippen LogP contribution is -2.36. The van der Waals surface area contributed by atoms with Gasteiger partial charge in [-0.3, -0.25) is 0 Å². The van der Waals surface area contributed by atoms with Gasteiger partial charge in [-0.25, -0.2) is 0 Å². The van der Waals surface area contributed by atoms with E-state index in [1.807, 2.05) is 0 Å². The van der Waals surface area contributed by atoms with Gasteiger partial charge in [0.2, 0.25) is 0 Å². The second kappa shape index (κ2) is 10.5. The van der Waals surface area contributed by atoms with Crippen molar-refractivity contribution in [3.8, 4) is 12.3 Å². The molecule has 0 aromatic carbocycles. The van der Waals surface area contributed by atoms with Crippen LogP contribution in [0.3, 0.4) is 0 Å². The molecule has 0 heterocycles. The minimum atomic E-state index is -4.01. The molecule has 0 unspecified atom stereocenters. The van der Waals surface area contributed by atoms with E-state index in [0.29, 0.717) is 39.9 Å². The van der Waals surface area contributed by atoms with Gasteiger partial charge >= 0.3 is 6.18 Å². The van der Waals surface area contributed by atoms with Gasteiger partial charge in [-0.2, -0.15) is 13.2 Å². The van der Waals surface area contributed by atoms with Crippen LogP contribution in [0.1, 0.15) is 149 Å². The summed E-state index contributed by atoms with van der Waals surface area (Å²) < 4.78 is 37.2. The zero-order valence-electron chi connectivity index (χ0n) is 27.0. The summed E-state index contributed by atoms with van der Waals surface area (Å²) in [6.07, 6.45) is 7.35. The first-order valence-corrected chi connectivity index (χ1v) is 14.0. The van der Waals surface area contributed by atoms with Crippen LogP contribution in [0.25, 0.3) is 0 Å². The van der Waals surface area contributed by atoms with E-state index >= 15 is 0 Å². The molecule has 0 saturated heterocycles. The van der Waals surface area contributed by atoms with Crippen molar-refractivity contribution < 1.29 is 13.2 Å². The third-order valence-electron chi connectivity index (χ3n) is 10.3. The average Bonchev–Trinajstić information content (AvgIpc) is 3.47. The molecule has 0 amide bonds. The van der Waals surface area contributed by atoms with Crippen LogP contribution >= 0.6 is 0 Å². The van der Waals surface area contributed by atoms with E-state index in [0.717, 1.165) is 0 Å². The summed E-state index contributed by atoms with van der Waals surface area (Å²) >= 11 is 0. The highest BCUT2D eigenvalue weighted by molar-refractivity contribution is 5.19. The summed E-state index contributed by atoms with van der Waals surface area (Å²) in [6.45, 7) is 34.7. The average molecular weight is 515 g/mol. The van der Waals surface area contributed by atoms with Crippen LogP contribution in [0, 0.1) is 55.7 Å². The van der Waals surface area contributed by atoms with Gasteiger partial charge in [-0.05, 0) is 71.0 Å². The summed E-state index contributed by atoms with van der Waals surface area (Å²) in [5.74, 6) is 2.89. The van der Waals surface area contributed by atoms with Gasteiger partial charge in [0.25, 0.3) is 0 Å². The van der Waals surface area contributed by atoms with Crippen molar-refractivity contribution in [2.75, 3.05) is 0 Å². The molecule has 0 nitrogen and oxygen atoms in total. The van der Waals surface area contributed by atoms with Crippen molar-refractivity contribution in [2.45, 2.75) is 155 Å². The van der Waals surface area contributed by atoms with E-state index in [-0.39, 0.29) is 5.41 Å². The molecule has 0 aliphatic heterocycles. The molecule has 0 aromatic heterocycles. The van der Waals surface area contributed by atoms with Gasteiger partial charge in [0.15, 0.2) is 0 Å². The molecule has 0 atom stereocenters. The van der Waals surface area contributed by atoms with E-state index in [1.54, 1.807) is 20.8 Å². The van der Waals surface area contributed by atoms with Crippen LogP contribution in [0.2, 0.25) is 0 Å². The second-order valence-electron chi connectivity index (χ2n) is 17.1. The third-order valence-corrected chi connectivity index (χ3v) is 10.3. The number of hydrogen-bond acceptors (Lipinski definition) is 0. The minimum Gasteiger partial charge on any atom is -0.170 e. The van der Waals surface area contributed by atoms with Crippen LogP contribution in [0.5, 0.6) is 0 Å². The zero-order chi connectivity index (χ0) is 29.4. The molecule has 0 radical (unpaired) electrons. The maximum Gasteiger partial charge on any atom is 0.395 e. The van der Waals surface area contributed by atoms with Gasteiger partial charge in [0.05, 0.1) is 5.41 Å². The Hall–Kier alpha value is -0.650. The highest BCUT2D eigenvalue weighted by Crippen LogP contribution is 2.67. The highest BCUT2D eigenvalue weighted by atomic mass is 19.4. The van der Waals surface area contributed by atoms with Crippen LogP contribution in [-0.2, 0) is 0 Å². The maximum absolute atomic E-state index is 12.4. The Labute approximate surface area is 224 Å². The Morgan fingerprint density at radius 2 is 0.861 bits per heavy atom. The SMILES string of the molecule is C#CC1(C(C)(C)C)CC1.CC(C)(C)C(C)(C)C.CC(C)(C)C1(C(F)(F)F)CC1.CC(C)(C)C1(C)CC1. The molecule has 3 aliphatic carbocycles. The number of hydrogen-bond donors (Lipinski definition) is 0. The zero-order valence-corrected chi connectivity index (χ0v) is 27.0. The molecule has 0 aromatic rings. The molecule has 214 valence electrons. The van der Waals surface area contributed by atoms with Crippen molar-refractivity contribution >= 4 is 0 Å². The lowest BCUT2D eigenvalue weighted by Gasteiger charge is -2.34. The molecule has 0 spiro atoms. The monoisotopic (exact) mass is 514 g/mol. The smallest absolute Gasteiger partial charge is 0.170 e. The van der Waals surface area contributed by atoms with Crippen molar-refractivity contribution in [1.82, 2.24) is 0 Å². The Kier molecular flexibility index (Phi) is 10.3. The number of alkyl halides is 3. The van der Waals surface area contributed by atoms with Crippen molar-refractivity contribution in [2.24, 2.45) is 43.3 Å². The fraction of sp³-hybridized carbons (Fsp3) is 0.939. The molecule has 3 aliphatic rings. The molecule has 0 N–H and O–H groups in total. The van der Waals surface area contributed by atoms with Gasteiger partial charge in [0.1, 0.15) is 0 Å². The summed E-state index contributed by atoms with van der Waals surface area (Å²) in [6, 6.07) is 0. The second-order valence-corrected chi connectivity index (χ2v) is 17.1. The first-order chi connectivity index (χ1) is 15.4. The molecule has 0 bridgehead atoms. The molecule has 3 heteroatoms. The number of halogens is 3. The fourth-order valence-electron chi connectivity index (χ4n) is 3.76. The van der Waals surface area contributed by atoms with E-state index in [1.165, 1.54) is 25.7 Å². The molecule has 36 heavy (non-hydrogen) atoms. The molecular formula is C33H61F3. The number of terminal acetylenes is 1.